The minimum Gasteiger partial charge on any atom is -0.469 e. The minimum absolute atomic E-state index is 0.0810. The molecule has 10 atom stereocenters. The van der Waals surface area contributed by atoms with Crippen molar-refractivity contribution in [3.05, 3.63) is 11.6 Å². The Labute approximate surface area is 232 Å². The number of methoxy groups -OCH3 is 1. The number of rotatable bonds is 5. The van der Waals surface area contributed by atoms with Crippen molar-refractivity contribution < 1.29 is 33.4 Å². The van der Waals surface area contributed by atoms with E-state index in [2.05, 4.69) is 13.8 Å². The highest BCUT2D eigenvalue weighted by molar-refractivity contribution is 5.89. The fourth-order valence-corrected chi connectivity index (χ4v) is 9.94. The summed E-state index contributed by atoms with van der Waals surface area (Å²) in [7, 11) is 3.29. The first-order valence-electron chi connectivity index (χ1n) is 14.9. The molecule has 5 rings (SSSR count). The number of carbonyl (C=O) groups excluding carboxylic acids is 4. The van der Waals surface area contributed by atoms with Gasteiger partial charge in [-0.3, -0.25) is 19.2 Å². The zero-order chi connectivity index (χ0) is 28.3. The third-order valence-corrected chi connectivity index (χ3v) is 11.7. The van der Waals surface area contributed by atoms with Gasteiger partial charge in [-0.1, -0.05) is 25.5 Å². The molecule has 1 amide bonds. The highest BCUT2D eigenvalue weighted by Gasteiger charge is 2.65. The summed E-state index contributed by atoms with van der Waals surface area (Å²) in [6.07, 6.45) is 8.37. The molecule has 0 spiro atoms. The summed E-state index contributed by atoms with van der Waals surface area (Å²) in [5.41, 5.74) is 1.04. The molecule has 8 heteroatoms. The number of ether oxygens (including phenoxy) is 3. The Balaban J connectivity index is 1.55. The van der Waals surface area contributed by atoms with Crippen LogP contribution in [-0.4, -0.2) is 62.1 Å². The van der Waals surface area contributed by atoms with Gasteiger partial charge >= 0.3 is 17.9 Å². The van der Waals surface area contributed by atoms with Crippen LogP contribution >= 0.6 is 0 Å². The van der Waals surface area contributed by atoms with E-state index in [1.54, 1.807) is 13.8 Å². The van der Waals surface area contributed by atoms with Crippen molar-refractivity contribution in [1.82, 2.24) is 4.90 Å². The van der Waals surface area contributed by atoms with Crippen molar-refractivity contribution in [2.75, 3.05) is 27.4 Å². The van der Waals surface area contributed by atoms with Crippen molar-refractivity contribution in [2.24, 2.45) is 52.3 Å². The van der Waals surface area contributed by atoms with Crippen molar-refractivity contribution in [1.29, 1.82) is 0 Å². The zero-order valence-corrected chi connectivity index (χ0v) is 24.4. The van der Waals surface area contributed by atoms with Gasteiger partial charge in [-0.05, 0) is 86.9 Å². The number of allylic oxidation sites excluding steroid dienone is 1. The van der Waals surface area contributed by atoms with Crippen molar-refractivity contribution in [3.63, 3.8) is 0 Å². The second-order valence-corrected chi connectivity index (χ2v) is 13.0. The third kappa shape index (κ3) is 4.14. The number of hydrogen-bond acceptors (Lipinski definition) is 7. The van der Waals surface area contributed by atoms with Crippen LogP contribution < -0.4 is 0 Å². The highest BCUT2D eigenvalue weighted by atomic mass is 16.5. The van der Waals surface area contributed by atoms with Crippen molar-refractivity contribution in [2.45, 2.75) is 78.7 Å². The Hall–Kier alpha value is -2.38. The van der Waals surface area contributed by atoms with Crippen LogP contribution in [0.3, 0.4) is 0 Å². The molecule has 39 heavy (non-hydrogen) atoms. The summed E-state index contributed by atoms with van der Waals surface area (Å²) in [5.74, 6) is -2.71. The Kier molecular flexibility index (Phi) is 7.38. The number of amides is 1. The van der Waals surface area contributed by atoms with E-state index in [1.165, 1.54) is 7.11 Å². The zero-order valence-electron chi connectivity index (χ0n) is 24.4. The number of carbonyl (C=O) groups is 4. The summed E-state index contributed by atoms with van der Waals surface area (Å²) >= 11 is 0. The van der Waals surface area contributed by atoms with Crippen LogP contribution in [0.2, 0.25) is 0 Å². The molecule has 0 aromatic rings. The predicted octanol–water partition coefficient (Wildman–Crippen LogP) is 4.16. The van der Waals surface area contributed by atoms with Gasteiger partial charge in [-0.2, -0.15) is 0 Å². The molecule has 8 nitrogen and oxygen atoms in total. The Morgan fingerprint density at radius 2 is 1.62 bits per heavy atom. The van der Waals surface area contributed by atoms with Crippen LogP contribution in [0.5, 0.6) is 0 Å². The van der Waals surface area contributed by atoms with Gasteiger partial charge in [0.25, 0.3) is 0 Å². The molecule has 0 aromatic carbocycles. The molecule has 0 unspecified atom stereocenters. The van der Waals surface area contributed by atoms with Crippen LogP contribution in [0.1, 0.15) is 72.6 Å². The van der Waals surface area contributed by atoms with E-state index in [0.29, 0.717) is 24.2 Å². The van der Waals surface area contributed by atoms with Crippen LogP contribution in [0.15, 0.2) is 11.6 Å². The molecule has 1 saturated heterocycles. The van der Waals surface area contributed by atoms with Gasteiger partial charge in [-0.15, -0.1) is 0 Å². The summed E-state index contributed by atoms with van der Waals surface area (Å²) in [6, 6.07) is 0.274. The van der Waals surface area contributed by atoms with Gasteiger partial charge in [0, 0.05) is 19.5 Å². The van der Waals surface area contributed by atoms with Gasteiger partial charge in [0.05, 0.1) is 38.1 Å². The highest BCUT2D eigenvalue weighted by Crippen LogP contribution is 2.69. The van der Waals surface area contributed by atoms with Gasteiger partial charge in [0.15, 0.2) is 0 Å². The van der Waals surface area contributed by atoms with E-state index in [1.807, 2.05) is 18.0 Å². The van der Waals surface area contributed by atoms with Crippen LogP contribution in [0.4, 0.5) is 0 Å². The lowest BCUT2D eigenvalue weighted by atomic mass is 9.47. The molecule has 0 aromatic heterocycles. The van der Waals surface area contributed by atoms with Gasteiger partial charge in [0.1, 0.15) is 0 Å². The maximum Gasteiger partial charge on any atom is 0.313 e. The normalized spacial score (nSPS) is 42.8. The summed E-state index contributed by atoms with van der Waals surface area (Å²) in [6.45, 7) is 8.57. The van der Waals surface area contributed by atoms with Crippen molar-refractivity contribution >= 4 is 23.8 Å². The topological polar surface area (TPSA) is 99.2 Å². The van der Waals surface area contributed by atoms with E-state index < -0.39 is 35.7 Å². The number of fused-ring (bicyclic) bond motifs is 7. The SMILES string of the molecule is CCOC(=O)[C@@H]1[C@@H](C(=O)OCC)[C@@H]2C[C@H]3[C@@H]4CC[C@H]5N(C)C(=O)CC[C@]5(C)[C@H]4CC[C@]3(C)C2=C[C@@H]1C(=O)OC. The summed E-state index contributed by atoms with van der Waals surface area (Å²) < 4.78 is 16.1. The molecule has 4 aliphatic carbocycles. The first kappa shape index (κ1) is 28.2. The molecule has 3 saturated carbocycles. The number of piperidine rings is 1. The molecule has 5 aliphatic rings. The number of likely N-dealkylation sites (tertiary alicyclic amines) is 1. The fourth-order valence-electron chi connectivity index (χ4n) is 9.94. The molecule has 0 radical (unpaired) electrons. The average molecular weight is 544 g/mol. The summed E-state index contributed by atoms with van der Waals surface area (Å²) in [5, 5.41) is 0. The lowest BCUT2D eigenvalue weighted by molar-refractivity contribution is -0.169. The van der Waals surface area contributed by atoms with E-state index >= 15 is 0 Å². The second kappa shape index (κ2) is 10.2. The monoisotopic (exact) mass is 543 g/mol. The lowest BCUT2D eigenvalue weighted by Crippen LogP contribution is -2.61. The molecule has 0 bridgehead atoms. The van der Waals surface area contributed by atoms with Crippen LogP contribution in [0.25, 0.3) is 0 Å². The van der Waals surface area contributed by atoms with E-state index in [-0.39, 0.29) is 41.9 Å². The molecule has 0 N–H and O–H groups in total. The summed E-state index contributed by atoms with van der Waals surface area (Å²) in [4.78, 5) is 54.5. The van der Waals surface area contributed by atoms with E-state index in [0.717, 1.165) is 44.1 Å². The third-order valence-electron chi connectivity index (χ3n) is 11.7. The predicted molar refractivity (Wildman–Crippen MR) is 143 cm³/mol. The fraction of sp³-hybridized carbons (Fsp3) is 0.806. The molecular weight excluding hydrogens is 498 g/mol. The molecule has 1 aliphatic heterocycles. The number of nitrogens with zero attached hydrogens (tertiary/aromatic N) is 1. The molecule has 1 heterocycles. The number of esters is 3. The standard InChI is InChI=1S/C31H45NO7/c1-7-38-28(35)25-18-15-21-17-9-10-23-31(4,14-12-24(33)32(23)5)20(17)11-13-30(21,3)22(18)16-19(27(34)37-6)26(25)29(36)39-8-2/h16-21,23,25-26H,7-15H2,1-6H3/t17-,18-,19+,20+,21+,23-,25+,26+,30+,31-/m1/s1. The molecular formula is C31H45NO7. The average Bonchev–Trinajstić information content (AvgIpc) is 3.22. The second-order valence-electron chi connectivity index (χ2n) is 13.0. The van der Waals surface area contributed by atoms with Gasteiger partial charge in [-0.25, -0.2) is 0 Å². The maximum atomic E-state index is 13.6. The maximum absolute atomic E-state index is 13.6. The van der Waals surface area contributed by atoms with Crippen molar-refractivity contribution in [3.8, 4) is 0 Å². The minimum atomic E-state index is -0.962. The first-order chi connectivity index (χ1) is 18.5. The molecule has 216 valence electrons. The quantitative estimate of drug-likeness (QED) is 0.292. The molecule has 4 fully saturated rings. The first-order valence-corrected chi connectivity index (χ1v) is 14.9. The number of hydrogen-bond donors (Lipinski definition) is 0. The smallest absolute Gasteiger partial charge is 0.313 e. The Morgan fingerprint density at radius 3 is 2.26 bits per heavy atom. The van der Waals surface area contributed by atoms with E-state index in [9.17, 15) is 19.2 Å². The van der Waals surface area contributed by atoms with Crippen LogP contribution in [0, 0.1) is 52.3 Å². The largest absolute Gasteiger partial charge is 0.469 e. The van der Waals surface area contributed by atoms with Gasteiger partial charge < -0.3 is 19.1 Å². The van der Waals surface area contributed by atoms with Crippen LogP contribution in [-0.2, 0) is 33.4 Å². The Bertz CT molecular complexity index is 1070. The van der Waals surface area contributed by atoms with Gasteiger partial charge in [0.2, 0.25) is 5.91 Å². The Morgan fingerprint density at radius 1 is 0.949 bits per heavy atom. The van der Waals surface area contributed by atoms with E-state index in [4.69, 9.17) is 14.2 Å². The lowest BCUT2D eigenvalue weighted by Gasteiger charge is -2.61.